The van der Waals surface area contributed by atoms with Gasteiger partial charge in [0, 0.05) is 6.20 Å². The predicted octanol–water partition coefficient (Wildman–Crippen LogP) is 1.60. The highest BCUT2D eigenvalue weighted by atomic mass is 19.4. The van der Waals surface area contributed by atoms with Gasteiger partial charge in [-0.15, -0.1) is 0 Å². The quantitative estimate of drug-likeness (QED) is 0.876. The summed E-state index contributed by atoms with van der Waals surface area (Å²) < 4.78 is 40.2. The van der Waals surface area contributed by atoms with Crippen molar-refractivity contribution in [3.63, 3.8) is 0 Å². The lowest BCUT2D eigenvalue weighted by atomic mass is 10.3. The van der Waals surface area contributed by atoms with E-state index in [1.165, 1.54) is 0 Å². The number of H-pyrrole nitrogens is 1. The number of fused-ring (bicyclic) bond motifs is 1. The molecule has 0 aliphatic rings. The van der Waals surface area contributed by atoms with Crippen LogP contribution in [0.3, 0.4) is 0 Å². The number of aromatic amines is 1. The average molecular weight is 261 g/mol. The number of alkyl halides is 3. The van der Waals surface area contributed by atoms with E-state index in [0.29, 0.717) is 0 Å². The summed E-state index contributed by atoms with van der Waals surface area (Å²) in [5.41, 5.74) is -0.0797. The monoisotopic (exact) mass is 261 g/mol. The second-order valence-corrected chi connectivity index (χ2v) is 3.32. The maximum absolute atomic E-state index is 11.9. The van der Waals surface area contributed by atoms with E-state index in [2.05, 4.69) is 19.7 Å². The molecule has 0 radical (unpaired) electrons. The number of aromatic nitrogens is 3. The van der Waals surface area contributed by atoms with Crippen LogP contribution < -0.4 is 4.74 Å². The van der Waals surface area contributed by atoms with Gasteiger partial charge in [-0.25, -0.2) is 14.8 Å². The van der Waals surface area contributed by atoms with Crippen molar-refractivity contribution in [3.05, 3.63) is 18.0 Å². The number of carbonyl (C=O) groups is 1. The van der Waals surface area contributed by atoms with Gasteiger partial charge in [0.05, 0.1) is 6.20 Å². The van der Waals surface area contributed by atoms with Crippen molar-refractivity contribution in [2.24, 2.45) is 0 Å². The van der Waals surface area contributed by atoms with Gasteiger partial charge >= 0.3 is 12.1 Å². The van der Waals surface area contributed by atoms with E-state index in [4.69, 9.17) is 5.11 Å². The Kier molecular flexibility index (Phi) is 2.81. The molecule has 0 aromatic carbocycles. The zero-order valence-corrected chi connectivity index (χ0v) is 8.65. The number of carboxylic acids is 1. The van der Waals surface area contributed by atoms with E-state index in [1.807, 2.05) is 0 Å². The molecule has 0 saturated heterocycles. The van der Waals surface area contributed by atoms with Crippen LogP contribution in [0.15, 0.2) is 12.4 Å². The van der Waals surface area contributed by atoms with Gasteiger partial charge in [0.15, 0.2) is 12.3 Å². The van der Waals surface area contributed by atoms with Crippen molar-refractivity contribution < 1.29 is 27.8 Å². The number of ether oxygens (including phenoxy) is 1. The highest BCUT2D eigenvalue weighted by molar-refractivity contribution is 6.00. The molecule has 2 heterocycles. The fourth-order valence-electron chi connectivity index (χ4n) is 1.26. The lowest BCUT2D eigenvalue weighted by Crippen LogP contribution is -2.19. The van der Waals surface area contributed by atoms with Crippen molar-refractivity contribution in [2.45, 2.75) is 6.18 Å². The molecule has 0 bridgehead atoms. The zero-order chi connectivity index (χ0) is 13.3. The third kappa shape index (κ3) is 2.50. The molecule has 0 spiro atoms. The molecule has 0 amide bonds. The summed E-state index contributed by atoms with van der Waals surface area (Å²) in [5, 5.41) is 8.81. The van der Waals surface area contributed by atoms with E-state index >= 15 is 0 Å². The summed E-state index contributed by atoms with van der Waals surface area (Å²) in [6, 6.07) is 0. The molecule has 0 unspecified atom stereocenters. The first-order chi connectivity index (χ1) is 8.37. The first kappa shape index (κ1) is 12.1. The number of aromatic carboxylic acids is 1. The third-order valence-electron chi connectivity index (χ3n) is 1.97. The number of hydrogen-bond donors (Lipinski definition) is 2. The largest absolute Gasteiger partial charge is 0.478 e. The molecule has 0 aliphatic heterocycles. The van der Waals surface area contributed by atoms with Crippen molar-refractivity contribution in [2.75, 3.05) is 6.61 Å². The number of halogens is 3. The van der Waals surface area contributed by atoms with Crippen LogP contribution in [0.5, 0.6) is 5.88 Å². The number of rotatable bonds is 3. The Morgan fingerprint density at radius 2 is 2.22 bits per heavy atom. The predicted molar refractivity (Wildman–Crippen MR) is 52.4 cm³/mol. The summed E-state index contributed by atoms with van der Waals surface area (Å²) in [4.78, 5) is 20.7. The Balaban J connectivity index is 2.31. The Bertz CT molecular complexity index is 593. The second-order valence-electron chi connectivity index (χ2n) is 3.32. The summed E-state index contributed by atoms with van der Waals surface area (Å²) >= 11 is 0. The molecule has 9 heteroatoms. The average Bonchev–Trinajstić information content (AvgIpc) is 2.68. The van der Waals surface area contributed by atoms with Gasteiger partial charge in [-0.1, -0.05) is 0 Å². The van der Waals surface area contributed by atoms with Crippen LogP contribution in [-0.4, -0.2) is 38.8 Å². The maximum Gasteiger partial charge on any atom is 0.422 e. The molecule has 18 heavy (non-hydrogen) atoms. The topological polar surface area (TPSA) is 88.1 Å². The highest BCUT2D eigenvalue weighted by Gasteiger charge is 2.28. The van der Waals surface area contributed by atoms with Gasteiger partial charge in [-0.05, 0) is 0 Å². The number of nitrogens with zero attached hydrogens (tertiary/aromatic N) is 2. The van der Waals surface area contributed by atoms with Gasteiger partial charge in [0.2, 0.25) is 5.88 Å². The highest BCUT2D eigenvalue weighted by Crippen LogP contribution is 2.20. The van der Waals surface area contributed by atoms with Crippen molar-refractivity contribution in [1.82, 2.24) is 15.0 Å². The maximum atomic E-state index is 11.9. The fraction of sp³-hybridized carbons (Fsp3) is 0.222. The minimum Gasteiger partial charge on any atom is -0.478 e. The number of hydrogen-bond acceptors (Lipinski definition) is 4. The molecule has 2 rings (SSSR count). The molecule has 0 fully saturated rings. The Labute approximate surface area is 97.4 Å². The van der Waals surface area contributed by atoms with Crippen LogP contribution in [0, 0.1) is 0 Å². The lowest BCUT2D eigenvalue weighted by molar-refractivity contribution is -0.154. The van der Waals surface area contributed by atoms with Gasteiger partial charge in [0.25, 0.3) is 0 Å². The Hall–Kier alpha value is -2.32. The molecule has 2 aromatic heterocycles. The molecule has 0 saturated carbocycles. The van der Waals surface area contributed by atoms with Crippen molar-refractivity contribution in [3.8, 4) is 5.88 Å². The van der Waals surface area contributed by atoms with Gasteiger partial charge in [0.1, 0.15) is 11.1 Å². The van der Waals surface area contributed by atoms with Crippen molar-refractivity contribution >= 4 is 17.1 Å². The van der Waals surface area contributed by atoms with E-state index in [0.717, 1.165) is 12.4 Å². The van der Waals surface area contributed by atoms with E-state index in [1.54, 1.807) is 0 Å². The summed E-state index contributed by atoms with van der Waals surface area (Å²) in [7, 11) is 0. The van der Waals surface area contributed by atoms with Crippen LogP contribution in [0.25, 0.3) is 11.2 Å². The Morgan fingerprint density at radius 3 is 2.83 bits per heavy atom. The third-order valence-corrected chi connectivity index (χ3v) is 1.97. The number of carboxylic acid groups (broad SMARTS) is 1. The molecule has 0 aliphatic carbocycles. The van der Waals surface area contributed by atoms with Crippen LogP contribution in [-0.2, 0) is 0 Å². The summed E-state index contributed by atoms with van der Waals surface area (Å²) in [5.74, 6) is -1.65. The first-order valence-electron chi connectivity index (χ1n) is 4.64. The molecule has 2 N–H and O–H groups in total. The zero-order valence-electron chi connectivity index (χ0n) is 8.65. The van der Waals surface area contributed by atoms with Gasteiger partial charge < -0.3 is 14.8 Å². The molecular weight excluding hydrogens is 255 g/mol. The molecule has 0 atom stereocenters. The molecule has 96 valence electrons. The number of nitrogens with one attached hydrogen (secondary N) is 1. The van der Waals surface area contributed by atoms with E-state index in [-0.39, 0.29) is 22.6 Å². The second kappa shape index (κ2) is 4.17. The van der Waals surface area contributed by atoms with Crippen LogP contribution in [0.2, 0.25) is 0 Å². The normalized spacial score (nSPS) is 11.7. The minimum atomic E-state index is -4.50. The standard InChI is InChI=1S/C9H6F3N3O3/c10-9(11,12)3-18-5-2-14-7-6(15-5)4(1-13-7)8(16)17/h1-2H,3H2,(H,13,14)(H,16,17). The summed E-state index contributed by atoms with van der Waals surface area (Å²) in [6.45, 7) is -1.51. The van der Waals surface area contributed by atoms with Crippen LogP contribution in [0.4, 0.5) is 13.2 Å². The van der Waals surface area contributed by atoms with Crippen molar-refractivity contribution in [1.29, 1.82) is 0 Å². The van der Waals surface area contributed by atoms with E-state index < -0.39 is 18.8 Å². The summed E-state index contributed by atoms with van der Waals surface area (Å²) in [6.07, 6.45) is -2.36. The van der Waals surface area contributed by atoms with E-state index in [9.17, 15) is 18.0 Å². The fourth-order valence-corrected chi connectivity index (χ4v) is 1.26. The smallest absolute Gasteiger partial charge is 0.422 e. The Morgan fingerprint density at radius 1 is 1.50 bits per heavy atom. The van der Waals surface area contributed by atoms with Crippen LogP contribution in [0.1, 0.15) is 10.4 Å². The minimum absolute atomic E-state index is 0.0535. The van der Waals surface area contributed by atoms with Gasteiger partial charge in [-0.3, -0.25) is 0 Å². The molecule has 2 aromatic rings. The SMILES string of the molecule is O=C(O)c1c[nH]c2ncc(OCC(F)(F)F)nc12. The van der Waals surface area contributed by atoms with Crippen LogP contribution >= 0.6 is 0 Å². The first-order valence-corrected chi connectivity index (χ1v) is 4.64. The lowest BCUT2D eigenvalue weighted by Gasteiger charge is -2.07. The molecule has 6 nitrogen and oxygen atoms in total. The van der Waals surface area contributed by atoms with Gasteiger partial charge in [-0.2, -0.15) is 13.2 Å². The molecular formula is C9H6F3N3O3.